The molecule has 0 spiro atoms. The first-order valence-electron chi connectivity index (χ1n) is 4.13. The van der Waals surface area contributed by atoms with E-state index in [1.165, 1.54) is 0 Å². The summed E-state index contributed by atoms with van der Waals surface area (Å²) in [6.45, 7) is -0.916. The van der Waals surface area contributed by atoms with Gasteiger partial charge in [0.25, 0.3) is 0 Å². The lowest BCUT2D eigenvalue weighted by Crippen LogP contribution is -2.46. The van der Waals surface area contributed by atoms with Crippen molar-refractivity contribution >= 4 is 6.26 Å². The molecule has 0 aromatic heterocycles. The number of aliphatic hydroxyl groups is 5. The normalized spacial score (nSPS) is 26.1. The van der Waals surface area contributed by atoms with Crippen LogP contribution in [0.5, 0.6) is 0 Å². The molecular weight excluding hydrogens is 168 g/mol. The van der Waals surface area contributed by atoms with E-state index in [0.29, 0.717) is 0 Å². The molecule has 4 atom stereocenters. The fourth-order valence-corrected chi connectivity index (χ4v) is 0.541. The van der Waals surface area contributed by atoms with E-state index in [1.807, 2.05) is 0 Å². The molecule has 6 nitrogen and oxygen atoms in total. The first-order valence-corrected chi connectivity index (χ1v) is 3.13. The van der Waals surface area contributed by atoms with Gasteiger partial charge in [-0.3, -0.25) is 0 Å². The van der Waals surface area contributed by atoms with Crippen LogP contribution in [0.15, 0.2) is 0 Å². The predicted octanol–water partition coefficient (Wildman–Crippen LogP) is -3.38. The third kappa shape index (κ3) is 2.84. The van der Waals surface area contributed by atoms with Crippen LogP contribution in [0.2, 0.25) is 0 Å². The van der Waals surface area contributed by atoms with Gasteiger partial charge in [0.05, 0.1) is 7.98 Å². The second kappa shape index (κ2) is 5.18. The van der Waals surface area contributed by atoms with Gasteiger partial charge >= 0.3 is 0 Å². The first-order chi connectivity index (χ1) is 6.25. The summed E-state index contributed by atoms with van der Waals surface area (Å²) in [6.07, 6.45) is -11.3. The van der Waals surface area contributed by atoms with Crippen molar-refractivity contribution in [2.75, 3.05) is 6.61 Å². The molecule has 12 heavy (non-hydrogen) atoms. The molecule has 72 valence electrons. The summed E-state index contributed by atoms with van der Waals surface area (Å²) in [7, 11) is 0. The molecule has 0 unspecified atom stereocenters. The van der Waals surface area contributed by atoms with Crippen LogP contribution in [0.4, 0.5) is 0 Å². The Morgan fingerprint density at radius 2 is 1.83 bits per heavy atom. The van der Waals surface area contributed by atoms with Gasteiger partial charge in [0.15, 0.2) is 6.26 Å². The van der Waals surface area contributed by atoms with Crippen molar-refractivity contribution in [3.8, 4) is 0 Å². The molecule has 0 aliphatic rings. The second-order valence-electron chi connectivity index (χ2n) is 2.17. The summed E-state index contributed by atoms with van der Waals surface area (Å²) in [5.41, 5.74) is 0. The minimum Gasteiger partial charge on any atom is -0.394 e. The van der Waals surface area contributed by atoms with E-state index in [0.717, 1.165) is 0 Å². The average Bonchev–Trinajstić information content (AvgIpc) is 2.13. The van der Waals surface area contributed by atoms with E-state index in [9.17, 15) is 4.79 Å². The summed E-state index contributed by atoms with van der Waals surface area (Å²) in [4.78, 5) is 10.3. The lowest BCUT2D eigenvalue weighted by Gasteiger charge is -2.22. The van der Waals surface area contributed by atoms with Gasteiger partial charge in [-0.15, -0.1) is 0 Å². The quantitative estimate of drug-likeness (QED) is 0.283. The van der Waals surface area contributed by atoms with Crippen molar-refractivity contribution in [1.29, 1.82) is 0 Å². The Morgan fingerprint density at radius 1 is 1.33 bits per heavy atom. The van der Waals surface area contributed by atoms with Crippen LogP contribution in [0.1, 0.15) is 2.74 Å². The summed E-state index contributed by atoms with van der Waals surface area (Å²) < 4.78 is 13.2. The molecule has 0 aliphatic heterocycles. The van der Waals surface area contributed by atoms with Crippen LogP contribution in [0.3, 0.4) is 0 Å². The Hall–Kier alpha value is -0.530. The van der Waals surface area contributed by atoms with Crippen LogP contribution < -0.4 is 0 Å². The van der Waals surface area contributed by atoms with E-state index in [4.69, 9.17) is 28.3 Å². The van der Waals surface area contributed by atoms with Gasteiger partial charge in [-0.25, -0.2) is 0 Å². The third-order valence-electron chi connectivity index (χ3n) is 1.29. The molecule has 0 aliphatic carbocycles. The second-order valence-corrected chi connectivity index (χ2v) is 2.17. The Morgan fingerprint density at radius 3 is 2.17 bits per heavy atom. The molecule has 0 rings (SSSR count). The molecule has 5 N–H and O–H groups in total. The van der Waals surface area contributed by atoms with E-state index >= 15 is 0 Å². The third-order valence-corrected chi connectivity index (χ3v) is 1.29. The molecule has 0 amide bonds. The van der Waals surface area contributed by atoms with E-state index in [2.05, 4.69) is 0 Å². The largest absolute Gasteiger partial charge is 0.394 e. The van der Waals surface area contributed by atoms with Crippen LogP contribution >= 0.6 is 0 Å². The highest BCUT2D eigenvalue weighted by molar-refractivity contribution is 5.56. The van der Waals surface area contributed by atoms with Gasteiger partial charge < -0.3 is 30.3 Å². The fraction of sp³-hybridized carbons (Fsp3) is 0.833. The maximum Gasteiger partial charge on any atom is 0.151 e. The van der Waals surface area contributed by atoms with Gasteiger partial charge in [0.1, 0.15) is 25.8 Å². The van der Waals surface area contributed by atoms with E-state index in [-0.39, 0.29) is 0 Å². The standard InChI is InChI=1S/C6H12O6/c7-1-3(9)5(11)6(12)4(10)2-8/h1,3-6,8-12H,2H2/t3-,4-,5-,6-/m1/s1/i1D,3D. The van der Waals surface area contributed by atoms with Crippen LogP contribution in [0, 0.1) is 0 Å². The SMILES string of the molecule is [2H]C(=O)[C@@]([2H])(O)[C@@H](O)[C@H](O)[C@H](O)CO. The maximum absolute atomic E-state index is 10.3. The Bertz CT molecular complexity index is 208. The fourth-order valence-electron chi connectivity index (χ4n) is 0.541. The highest BCUT2D eigenvalue weighted by Crippen LogP contribution is 2.02. The highest BCUT2D eigenvalue weighted by atomic mass is 16.4. The number of aldehydes is 1. The molecule has 6 heteroatoms. The predicted molar refractivity (Wildman–Crippen MR) is 37.2 cm³/mol. The van der Waals surface area contributed by atoms with Gasteiger partial charge in [-0.05, 0) is 0 Å². The van der Waals surface area contributed by atoms with Gasteiger partial charge in [-0.2, -0.15) is 0 Å². The smallest absolute Gasteiger partial charge is 0.151 e. The van der Waals surface area contributed by atoms with Gasteiger partial charge in [0.2, 0.25) is 0 Å². The number of aliphatic hydroxyl groups excluding tert-OH is 4. The summed E-state index contributed by atoms with van der Waals surface area (Å²) in [5.74, 6) is 0. The molecule has 0 aromatic rings. The molecule has 0 saturated carbocycles. The molecule has 0 aromatic carbocycles. The molecule has 0 fully saturated rings. The molecule has 0 radical (unpaired) electrons. The topological polar surface area (TPSA) is 118 Å². The molecule has 0 saturated heterocycles. The summed E-state index contributed by atoms with van der Waals surface area (Å²) in [6, 6.07) is 0. The lowest BCUT2D eigenvalue weighted by atomic mass is 10.0. The van der Waals surface area contributed by atoms with Crippen LogP contribution in [-0.2, 0) is 4.79 Å². The number of carbonyl (C=O) groups is 1. The van der Waals surface area contributed by atoms with Crippen molar-refractivity contribution in [3.05, 3.63) is 0 Å². The van der Waals surface area contributed by atoms with Gasteiger partial charge in [0, 0.05) is 0 Å². The lowest BCUT2D eigenvalue weighted by molar-refractivity contribution is -0.136. The zero-order valence-corrected chi connectivity index (χ0v) is 6.08. The monoisotopic (exact) mass is 182 g/mol. The van der Waals surface area contributed by atoms with Crippen LogP contribution in [0.25, 0.3) is 0 Å². The molecule has 0 heterocycles. The van der Waals surface area contributed by atoms with Crippen molar-refractivity contribution in [1.82, 2.24) is 0 Å². The van der Waals surface area contributed by atoms with Crippen molar-refractivity contribution < 1.29 is 33.1 Å². The summed E-state index contributed by atoms with van der Waals surface area (Å²) >= 11 is 0. The molecular formula is C6H12O6. The number of rotatable bonds is 5. The van der Waals surface area contributed by atoms with Crippen molar-refractivity contribution in [2.24, 2.45) is 0 Å². The zero-order chi connectivity index (χ0) is 11.5. The van der Waals surface area contributed by atoms with Crippen molar-refractivity contribution in [2.45, 2.75) is 24.4 Å². The Balaban J connectivity index is 4.60. The molecule has 0 bridgehead atoms. The number of hydrogen-bond donors (Lipinski definition) is 5. The maximum atomic E-state index is 10.3. The highest BCUT2D eigenvalue weighted by Gasteiger charge is 2.29. The number of carbonyl (C=O) groups excluding carboxylic acids is 1. The van der Waals surface area contributed by atoms with Gasteiger partial charge in [-0.1, -0.05) is 0 Å². The van der Waals surface area contributed by atoms with E-state index < -0.39 is 37.3 Å². The average molecular weight is 182 g/mol. The Kier molecular flexibility index (Phi) is 3.49. The minimum atomic E-state index is -3.23. The first kappa shape index (κ1) is 8.09. The van der Waals surface area contributed by atoms with Crippen molar-refractivity contribution in [3.63, 3.8) is 0 Å². The number of hydrogen-bond acceptors (Lipinski definition) is 6. The minimum absolute atomic E-state index is 0.916. The van der Waals surface area contributed by atoms with E-state index in [1.54, 1.807) is 0 Å². The summed E-state index contributed by atoms with van der Waals surface area (Å²) in [5, 5.41) is 44.1. The van der Waals surface area contributed by atoms with Crippen LogP contribution in [-0.4, -0.2) is 62.8 Å². The Labute approximate surface area is 71.5 Å². The zero-order valence-electron chi connectivity index (χ0n) is 8.08.